The molecule has 19 heavy (non-hydrogen) atoms. The predicted molar refractivity (Wildman–Crippen MR) is 69.2 cm³/mol. The summed E-state index contributed by atoms with van der Waals surface area (Å²) in [6.45, 7) is 4.65. The third-order valence-electron chi connectivity index (χ3n) is 3.10. The van der Waals surface area contributed by atoms with Crippen LogP contribution in [0.15, 0.2) is 18.2 Å². The zero-order chi connectivity index (χ0) is 14.0. The van der Waals surface area contributed by atoms with Gasteiger partial charge in [-0.25, -0.2) is 4.79 Å². The van der Waals surface area contributed by atoms with E-state index in [0.29, 0.717) is 12.1 Å². The number of hydrogen-bond donors (Lipinski definition) is 1. The Bertz CT molecular complexity index is 492. The first-order valence-electron chi connectivity index (χ1n) is 6.19. The number of carboxylic acid groups (broad SMARTS) is 1. The van der Waals surface area contributed by atoms with Crippen LogP contribution < -0.4 is 0 Å². The molecule has 1 fully saturated rings. The lowest BCUT2D eigenvalue weighted by Gasteiger charge is -2.31. The van der Waals surface area contributed by atoms with Crippen LogP contribution in [0.4, 0.5) is 0 Å². The van der Waals surface area contributed by atoms with Crippen molar-refractivity contribution < 1.29 is 19.4 Å². The molecule has 1 heterocycles. The number of ether oxygens (including phenoxy) is 1. The van der Waals surface area contributed by atoms with Crippen LogP contribution in [0.5, 0.6) is 0 Å². The standard InChI is InChI=1S/C14H17NO4/c1-9-5-10(2)7-11(6-9)13(16)15-3-4-19-12(8-15)14(17)18/h5-7,12H,3-4,8H2,1-2H3,(H,17,18)/t12-/m1/s1. The number of hydrogen-bond acceptors (Lipinski definition) is 3. The number of aryl methyl sites for hydroxylation is 2. The first-order valence-corrected chi connectivity index (χ1v) is 6.19. The lowest BCUT2D eigenvalue weighted by Crippen LogP contribution is -2.48. The van der Waals surface area contributed by atoms with Crippen LogP contribution in [0.2, 0.25) is 0 Å². The molecule has 1 aromatic carbocycles. The average Bonchev–Trinajstić information content (AvgIpc) is 2.37. The van der Waals surface area contributed by atoms with E-state index in [1.54, 1.807) is 0 Å². The van der Waals surface area contributed by atoms with Gasteiger partial charge in [-0.05, 0) is 26.0 Å². The minimum Gasteiger partial charge on any atom is -0.479 e. The van der Waals surface area contributed by atoms with Gasteiger partial charge in [0, 0.05) is 12.1 Å². The van der Waals surface area contributed by atoms with Crippen LogP contribution in [0, 0.1) is 13.8 Å². The molecule has 1 atom stereocenters. The zero-order valence-corrected chi connectivity index (χ0v) is 11.0. The molecular weight excluding hydrogens is 246 g/mol. The van der Waals surface area contributed by atoms with E-state index in [4.69, 9.17) is 9.84 Å². The molecule has 1 N–H and O–H groups in total. The SMILES string of the molecule is Cc1cc(C)cc(C(=O)N2CCO[C@@H](C(=O)O)C2)c1. The molecule has 0 aromatic heterocycles. The van der Waals surface area contributed by atoms with E-state index >= 15 is 0 Å². The Morgan fingerprint density at radius 3 is 2.47 bits per heavy atom. The molecule has 0 radical (unpaired) electrons. The highest BCUT2D eigenvalue weighted by Crippen LogP contribution is 2.14. The molecule has 0 saturated carbocycles. The molecular formula is C14H17NO4. The number of nitrogens with zero attached hydrogens (tertiary/aromatic N) is 1. The van der Waals surface area contributed by atoms with E-state index < -0.39 is 12.1 Å². The van der Waals surface area contributed by atoms with Gasteiger partial charge in [0.05, 0.1) is 13.2 Å². The van der Waals surface area contributed by atoms with E-state index in [1.807, 2.05) is 32.0 Å². The van der Waals surface area contributed by atoms with Crippen molar-refractivity contribution in [2.75, 3.05) is 19.7 Å². The number of aliphatic carboxylic acids is 1. The largest absolute Gasteiger partial charge is 0.479 e. The Morgan fingerprint density at radius 1 is 1.26 bits per heavy atom. The van der Waals surface area contributed by atoms with Gasteiger partial charge in [-0.1, -0.05) is 17.2 Å². The van der Waals surface area contributed by atoms with Gasteiger partial charge in [0.2, 0.25) is 0 Å². The van der Waals surface area contributed by atoms with Gasteiger partial charge in [0.15, 0.2) is 6.10 Å². The molecule has 1 aliphatic heterocycles. The summed E-state index contributed by atoms with van der Waals surface area (Å²) in [6.07, 6.45) is -0.927. The minimum absolute atomic E-state index is 0.0984. The van der Waals surface area contributed by atoms with Crippen LogP contribution in [0.3, 0.4) is 0 Å². The Labute approximate surface area is 111 Å². The van der Waals surface area contributed by atoms with Crippen LogP contribution in [0.25, 0.3) is 0 Å². The Hall–Kier alpha value is -1.88. The lowest BCUT2D eigenvalue weighted by atomic mass is 10.1. The average molecular weight is 263 g/mol. The van der Waals surface area contributed by atoms with Crippen LogP contribution in [-0.2, 0) is 9.53 Å². The molecule has 102 valence electrons. The number of amides is 1. The van der Waals surface area contributed by atoms with Crippen LogP contribution >= 0.6 is 0 Å². The van der Waals surface area contributed by atoms with Gasteiger partial charge in [0.1, 0.15) is 0 Å². The molecule has 5 nitrogen and oxygen atoms in total. The molecule has 1 aliphatic rings. The minimum atomic E-state index is -1.03. The fraction of sp³-hybridized carbons (Fsp3) is 0.429. The molecule has 1 amide bonds. The van der Waals surface area contributed by atoms with Crippen molar-refractivity contribution in [1.29, 1.82) is 0 Å². The molecule has 0 spiro atoms. The molecule has 2 rings (SSSR count). The number of carbonyl (C=O) groups excluding carboxylic acids is 1. The van der Waals surface area contributed by atoms with E-state index in [-0.39, 0.29) is 19.1 Å². The number of carboxylic acids is 1. The monoisotopic (exact) mass is 263 g/mol. The number of rotatable bonds is 2. The Kier molecular flexibility index (Phi) is 3.85. The van der Waals surface area contributed by atoms with Gasteiger partial charge in [-0.15, -0.1) is 0 Å². The van der Waals surface area contributed by atoms with Gasteiger partial charge in [-0.3, -0.25) is 4.79 Å². The molecule has 1 saturated heterocycles. The quantitative estimate of drug-likeness (QED) is 0.871. The smallest absolute Gasteiger partial charge is 0.334 e. The first kappa shape index (κ1) is 13.5. The van der Waals surface area contributed by atoms with E-state index in [0.717, 1.165) is 11.1 Å². The second-order valence-electron chi connectivity index (χ2n) is 4.83. The van der Waals surface area contributed by atoms with Crippen LogP contribution in [-0.4, -0.2) is 47.7 Å². The molecule has 1 aromatic rings. The molecule has 0 aliphatic carbocycles. The van der Waals surface area contributed by atoms with Gasteiger partial charge in [-0.2, -0.15) is 0 Å². The summed E-state index contributed by atoms with van der Waals surface area (Å²) in [6, 6.07) is 5.64. The van der Waals surface area contributed by atoms with Crippen molar-refractivity contribution >= 4 is 11.9 Å². The second kappa shape index (κ2) is 5.40. The summed E-state index contributed by atoms with van der Waals surface area (Å²) < 4.78 is 5.11. The summed E-state index contributed by atoms with van der Waals surface area (Å²) in [7, 11) is 0. The van der Waals surface area contributed by atoms with Crippen molar-refractivity contribution in [1.82, 2.24) is 4.90 Å². The summed E-state index contributed by atoms with van der Waals surface area (Å²) in [5.74, 6) is -1.17. The van der Waals surface area contributed by atoms with Crippen molar-refractivity contribution in [3.63, 3.8) is 0 Å². The van der Waals surface area contributed by atoms with Crippen molar-refractivity contribution in [2.45, 2.75) is 20.0 Å². The third kappa shape index (κ3) is 3.12. The summed E-state index contributed by atoms with van der Waals surface area (Å²) in [5, 5.41) is 8.93. The maximum absolute atomic E-state index is 12.3. The van der Waals surface area contributed by atoms with E-state index in [2.05, 4.69) is 0 Å². The second-order valence-corrected chi connectivity index (χ2v) is 4.83. The van der Waals surface area contributed by atoms with Crippen molar-refractivity contribution in [3.05, 3.63) is 34.9 Å². The maximum Gasteiger partial charge on any atom is 0.334 e. The fourth-order valence-electron chi connectivity index (χ4n) is 2.26. The summed E-state index contributed by atoms with van der Waals surface area (Å²) >= 11 is 0. The molecule has 0 bridgehead atoms. The Balaban J connectivity index is 2.16. The van der Waals surface area contributed by atoms with Crippen LogP contribution in [0.1, 0.15) is 21.5 Å². The predicted octanol–water partition coefficient (Wildman–Crippen LogP) is 1.23. The highest BCUT2D eigenvalue weighted by atomic mass is 16.5. The van der Waals surface area contributed by atoms with Gasteiger partial charge in [0.25, 0.3) is 5.91 Å². The van der Waals surface area contributed by atoms with E-state index in [1.165, 1.54) is 4.90 Å². The Morgan fingerprint density at radius 2 is 1.89 bits per heavy atom. The topological polar surface area (TPSA) is 66.8 Å². The zero-order valence-electron chi connectivity index (χ0n) is 11.0. The lowest BCUT2D eigenvalue weighted by molar-refractivity contribution is -0.154. The first-order chi connectivity index (χ1) is 8.97. The number of benzene rings is 1. The van der Waals surface area contributed by atoms with Gasteiger partial charge < -0.3 is 14.7 Å². The third-order valence-corrected chi connectivity index (χ3v) is 3.10. The highest BCUT2D eigenvalue weighted by molar-refractivity contribution is 5.95. The van der Waals surface area contributed by atoms with Crippen molar-refractivity contribution in [2.24, 2.45) is 0 Å². The van der Waals surface area contributed by atoms with E-state index in [9.17, 15) is 9.59 Å². The molecule has 0 unspecified atom stereocenters. The molecule has 5 heteroatoms. The maximum atomic E-state index is 12.3. The fourth-order valence-corrected chi connectivity index (χ4v) is 2.26. The number of morpholine rings is 1. The van der Waals surface area contributed by atoms with Crippen molar-refractivity contribution in [3.8, 4) is 0 Å². The summed E-state index contributed by atoms with van der Waals surface area (Å²) in [5.41, 5.74) is 2.64. The van der Waals surface area contributed by atoms with Gasteiger partial charge >= 0.3 is 5.97 Å². The summed E-state index contributed by atoms with van der Waals surface area (Å²) in [4.78, 5) is 24.8. The number of carbonyl (C=O) groups is 2. The highest BCUT2D eigenvalue weighted by Gasteiger charge is 2.29. The normalized spacial score (nSPS) is 19.3.